The second kappa shape index (κ2) is 10.1. The van der Waals surface area contributed by atoms with Gasteiger partial charge in [0.15, 0.2) is 0 Å². The third-order valence-corrected chi connectivity index (χ3v) is 4.94. The van der Waals surface area contributed by atoms with Gasteiger partial charge >= 0.3 is 5.97 Å². The Hall–Kier alpha value is -3.35. The Morgan fingerprint density at radius 3 is 2.23 bits per heavy atom. The number of amides is 2. The molecule has 158 valence electrons. The average molecular weight is 457 g/mol. The van der Waals surface area contributed by atoms with Crippen molar-refractivity contribution in [1.82, 2.24) is 5.32 Å². The van der Waals surface area contributed by atoms with Gasteiger partial charge in [-0.05, 0) is 54.1 Å². The van der Waals surface area contributed by atoms with Crippen LogP contribution in [-0.4, -0.2) is 17.8 Å². The lowest BCUT2D eigenvalue weighted by molar-refractivity contribution is -0.131. The predicted octanol–water partition coefficient (Wildman–Crippen LogP) is 5.10. The first-order chi connectivity index (χ1) is 14.8. The summed E-state index contributed by atoms with van der Waals surface area (Å²) in [5.74, 6) is -0.760. The molecule has 0 fully saturated rings. The van der Waals surface area contributed by atoms with E-state index >= 15 is 0 Å². The van der Waals surface area contributed by atoms with Gasteiger partial charge in [0.1, 0.15) is 5.75 Å². The fourth-order valence-electron chi connectivity index (χ4n) is 2.70. The SMILES string of the molecule is CC(=O)Oc1cccc(C(=O)NCc2ccc(NC(=O)c3ccc(Cl)c(Cl)c3)cc2)c1. The highest BCUT2D eigenvalue weighted by atomic mass is 35.5. The van der Waals surface area contributed by atoms with Gasteiger partial charge in [-0.3, -0.25) is 14.4 Å². The van der Waals surface area contributed by atoms with Gasteiger partial charge in [-0.1, -0.05) is 41.4 Å². The number of nitrogens with one attached hydrogen (secondary N) is 2. The van der Waals surface area contributed by atoms with Crippen molar-refractivity contribution in [3.8, 4) is 5.75 Å². The van der Waals surface area contributed by atoms with Crippen LogP contribution in [-0.2, 0) is 11.3 Å². The number of ether oxygens (including phenoxy) is 1. The molecule has 0 aliphatic rings. The maximum absolute atomic E-state index is 12.3. The van der Waals surface area contributed by atoms with Crippen molar-refractivity contribution >= 4 is 46.7 Å². The number of halogens is 2. The van der Waals surface area contributed by atoms with Crippen LogP contribution in [0.2, 0.25) is 10.0 Å². The predicted molar refractivity (Wildman–Crippen MR) is 120 cm³/mol. The van der Waals surface area contributed by atoms with Gasteiger partial charge in [-0.2, -0.15) is 0 Å². The highest BCUT2D eigenvalue weighted by Gasteiger charge is 2.10. The summed E-state index contributed by atoms with van der Waals surface area (Å²) in [6.45, 7) is 1.58. The van der Waals surface area contributed by atoms with Crippen LogP contribution in [0.5, 0.6) is 5.75 Å². The van der Waals surface area contributed by atoms with E-state index in [1.165, 1.54) is 19.1 Å². The number of benzene rings is 3. The molecule has 0 radical (unpaired) electrons. The molecule has 2 amide bonds. The molecule has 0 aliphatic heterocycles. The highest BCUT2D eigenvalue weighted by Crippen LogP contribution is 2.23. The molecule has 3 aromatic rings. The molecule has 0 saturated heterocycles. The Kier molecular flexibility index (Phi) is 7.28. The van der Waals surface area contributed by atoms with E-state index in [1.54, 1.807) is 54.6 Å². The summed E-state index contributed by atoms with van der Waals surface area (Å²) in [5, 5.41) is 6.26. The van der Waals surface area contributed by atoms with Gasteiger partial charge in [0.2, 0.25) is 0 Å². The Balaban J connectivity index is 1.57. The van der Waals surface area contributed by atoms with Gasteiger partial charge in [0, 0.05) is 30.3 Å². The summed E-state index contributed by atoms with van der Waals surface area (Å²) in [4.78, 5) is 35.7. The molecule has 0 bridgehead atoms. The zero-order valence-electron chi connectivity index (χ0n) is 16.4. The fourth-order valence-corrected chi connectivity index (χ4v) is 3.00. The van der Waals surface area contributed by atoms with E-state index in [4.69, 9.17) is 27.9 Å². The van der Waals surface area contributed by atoms with Gasteiger partial charge in [-0.15, -0.1) is 0 Å². The molecule has 3 aromatic carbocycles. The third kappa shape index (κ3) is 6.31. The quantitative estimate of drug-likeness (QED) is 0.399. The zero-order valence-corrected chi connectivity index (χ0v) is 18.0. The number of carbonyl (C=O) groups is 3. The Morgan fingerprint density at radius 1 is 0.839 bits per heavy atom. The Labute approximate surface area is 189 Å². The molecule has 0 aliphatic carbocycles. The van der Waals surface area contributed by atoms with Crippen molar-refractivity contribution in [1.29, 1.82) is 0 Å². The van der Waals surface area contributed by atoms with Crippen LogP contribution in [0.4, 0.5) is 5.69 Å². The van der Waals surface area contributed by atoms with E-state index in [0.717, 1.165) is 5.56 Å². The number of anilines is 1. The van der Waals surface area contributed by atoms with Crippen LogP contribution in [0, 0.1) is 0 Å². The largest absolute Gasteiger partial charge is 0.427 e. The van der Waals surface area contributed by atoms with Crippen molar-refractivity contribution in [3.63, 3.8) is 0 Å². The molecular weight excluding hydrogens is 439 g/mol. The molecule has 0 unspecified atom stereocenters. The Bertz CT molecular complexity index is 1130. The van der Waals surface area contributed by atoms with Crippen LogP contribution in [0.25, 0.3) is 0 Å². The van der Waals surface area contributed by atoms with E-state index in [1.807, 2.05) is 0 Å². The fraction of sp³-hybridized carbons (Fsp3) is 0.0870. The number of carbonyl (C=O) groups excluding carboxylic acids is 3. The van der Waals surface area contributed by atoms with Crippen molar-refractivity contribution in [3.05, 3.63) is 93.5 Å². The maximum atomic E-state index is 12.3. The highest BCUT2D eigenvalue weighted by molar-refractivity contribution is 6.42. The molecule has 31 heavy (non-hydrogen) atoms. The van der Waals surface area contributed by atoms with Crippen molar-refractivity contribution < 1.29 is 19.1 Å². The molecule has 0 spiro atoms. The minimum Gasteiger partial charge on any atom is -0.427 e. The number of hydrogen-bond acceptors (Lipinski definition) is 4. The minimum atomic E-state index is -0.455. The third-order valence-electron chi connectivity index (χ3n) is 4.20. The lowest BCUT2D eigenvalue weighted by Crippen LogP contribution is -2.22. The first kappa shape index (κ1) is 22.3. The second-order valence-corrected chi connectivity index (χ2v) is 7.40. The number of hydrogen-bond donors (Lipinski definition) is 2. The number of esters is 1. The van der Waals surface area contributed by atoms with Crippen LogP contribution >= 0.6 is 23.2 Å². The summed E-state index contributed by atoms with van der Waals surface area (Å²) < 4.78 is 4.99. The summed E-state index contributed by atoms with van der Waals surface area (Å²) in [7, 11) is 0. The van der Waals surface area contributed by atoms with E-state index in [9.17, 15) is 14.4 Å². The van der Waals surface area contributed by atoms with Crippen LogP contribution in [0.3, 0.4) is 0 Å². The van der Waals surface area contributed by atoms with Gasteiger partial charge < -0.3 is 15.4 Å². The monoisotopic (exact) mass is 456 g/mol. The number of rotatable bonds is 6. The normalized spacial score (nSPS) is 10.3. The van der Waals surface area contributed by atoms with Crippen molar-refractivity contribution in [2.75, 3.05) is 5.32 Å². The minimum absolute atomic E-state index is 0.289. The topological polar surface area (TPSA) is 84.5 Å². The summed E-state index contributed by atoms with van der Waals surface area (Å²) in [6.07, 6.45) is 0. The molecule has 2 N–H and O–H groups in total. The molecule has 3 rings (SSSR count). The van der Waals surface area contributed by atoms with Crippen LogP contribution in [0.15, 0.2) is 66.7 Å². The smallest absolute Gasteiger partial charge is 0.308 e. The maximum Gasteiger partial charge on any atom is 0.308 e. The molecule has 0 aromatic heterocycles. The van der Waals surface area contributed by atoms with E-state index < -0.39 is 5.97 Å². The summed E-state index contributed by atoms with van der Waals surface area (Å²) in [6, 6.07) is 18.1. The lowest BCUT2D eigenvalue weighted by Gasteiger charge is -2.09. The molecule has 0 saturated carbocycles. The first-order valence-corrected chi connectivity index (χ1v) is 9.99. The summed E-state index contributed by atoms with van der Waals surface area (Å²) >= 11 is 11.8. The molecule has 0 heterocycles. The van der Waals surface area contributed by atoms with Crippen molar-refractivity contribution in [2.45, 2.75) is 13.5 Å². The standard InChI is InChI=1S/C23H18Cl2N2O4/c1-14(28)31-19-4-2-3-16(11-19)22(29)26-13-15-5-8-18(9-6-15)27-23(30)17-7-10-20(24)21(25)12-17/h2-12H,13H2,1H3,(H,26,29)(H,27,30). The first-order valence-electron chi connectivity index (χ1n) is 9.24. The van der Waals surface area contributed by atoms with Gasteiger partial charge in [0.25, 0.3) is 11.8 Å². The molecular formula is C23H18Cl2N2O4. The Morgan fingerprint density at radius 2 is 1.55 bits per heavy atom. The zero-order chi connectivity index (χ0) is 22.4. The van der Waals surface area contributed by atoms with Crippen molar-refractivity contribution in [2.24, 2.45) is 0 Å². The van der Waals surface area contributed by atoms with E-state index in [2.05, 4.69) is 10.6 Å². The second-order valence-electron chi connectivity index (χ2n) is 6.58. The van der Waals surface area contributed by atoms with Gasteiger partial charge in [-0.25, -0.2) is 0 Å². The molecule has 6 nitrogen and oxygen atoms in total. The average Bonchev–Trinajstić information content (AvgIpc) is 2.74. The van der Waals surface area contributed by atoms with Crippen LogP contribution in [0.1, 0.15) is 33.2 Å². The van der Waals surface area contributed by atoms with Gasteiger partial charge in [0.05, 0.1) is 10.0 Å². The van der Waals surface area contributed by atoms with Crippen LogP contribution < -0.4 is 15.4 Å². The summed E-state index contributed by atoms with van der Waals surface area (Å²) in [5.41, 5.74) is 2.21. The molecule has 8 heteroatoms. The van der Waals surface area contributed by atoms with E-state index in [-0.39, 0.29) is 18.4 Å². The molecule has 0 atom stereocenters. The van der Waals surface area contributed by atoms with E-state index in [0.29, 0.717) is 32.6 Å². The lowest BCUT2D eigenvalue weighted by atomic mass is 10.1.